The van der Waals surface area contributed by atoms with Crippen molar-refractivity contribution < 1.29 is 19.1 Å². The average Bonchev–Trinajstić information content (AvgIpc) is 3.24. The van der Waals surface area contributed by atoms with E-state index in [4.69, 9.17) is 4.74 Å². The molecule has 0 bridgehead atoms. The molecule has 148 valence electrons. The molecule has 0 aliphatic heterocycles. The van der Waals surface area contributed by atoms with Gasteiger partial charge in [0.25, 0.3) is 11.8 Å². The number of hydrogen-bond acceptors (Lipinski definition) is 5. The zero-order valence-electron chi connectivity index (χ0n) is 15.8. The predicted octanol–water partition coefficient (Wildman–Crippen LogP) is 3.99. The fourth-order valence-corrected chi connectivity index (χ4v) is 3.79. The molecule has 0 spiro atoms. The maximum atomic E-state index is 12.4. The molecule has 0 saturated heterocycles. The van der Waals surface area contributed by atoms with Gasteiger partial charge in [0.2, 0.25) is 0 Å². The summed E-state index contributed by atoms with van der Waals surface area (Å²) in [6.07, 6.45) is 4.50. The van der Waals surface area contributed by atoms with Crippen LogP contribution < -0.4 is 10.6 Å². The molecule has 1 fully saturated rings. The largest absolute Gasteiger partial charge is 0.449 e. The molecule has 1 atom stereocenters. The van der Waals surface area contributed by atoms with Gasteiger partial charge in [0.15, 0.2) is 6.10 Å². The molecule has 1 heterocycles. The van der Waals surface area contributed by atoms with E-state index in [0.29, 0.717) is 10.6 Å². The lowest BCUT2D eigenvalue weighted by Crippen LogP contribution is -2.42. The molecule has 2 amide bonds. The van der Waals surface area contributed by atoms with Crippen molar-refractivity contribution in [1.29, 1.82) is 0 Å². The van der Waals surface area contributed by atoms with Crippen molar-refractivity contribution in [1.82, 2.24) is 5.32 Å². The Bertz CT molecular complexity index is 829. The molecule has 2 aromatic rings. The van der Waals surface area contributed by atoms with Crippen LogP contribution in [0.3, 0.4) is 0 Å². The van der Waals surface area contributed by atoms with Crippen LogP contribution >= 0.6 is 11.3 Å². The summed E-state index contributed by atoms with van der Waals surface area (Å²) < 4.78 is 5.31. The number of benzene rings is 1. The quantitative estimate of drug-likeness (QED) is 0.718. The molecule has 0 radical (unpaired) electrons. The SMILES string of the molecule is C[C@@H](OC(=O)c1cccc(NC(=O)c2cccs2)c1)C(=O)NC1CCCCC1. The fraction of sp³-hybridized carbons (Fsp3) is 0.381. The molecule has 28 heavy (non-hydrogen) atoms. The molecule has 1 aliphatic carbocycles. The van der Waals surface area contributed by atoms with E-state index in [1.54, 1.807) is 43.3 Å². The van der Waals surface area contributed by atoms with Gasteiger partial charge >= 0.3 is 5.97 Å². The van der Waals surface area contributed by atoms with E-state index in [-0.39, 0.29) is 23.4 Å². The lowest BCUT2D eigenvalue weighted by Gasteiger charge is -2.24. The summed E-state index contributed by atoms with van der Waals surface area (Å²) in [5.41, 5.74) is 0.772. The third-order valence-corrected chi connectivity index (χ3v) is 5.57. The van der Waals surface area contributed by atoms with Crippen LogP contribution in [0.4, 0.5) is 5.69 Å². The minimum absolute atomic E-state index is 0.165. The lowest BCUT2D eigenvalue weighted by molar-refractivity contribution is -0.130. The van der Waals surface area contributed by atoms with Gasteiger partial charge < -0.3 is 15.4 Å². The Labute approximate surface area is 168 Å². The molecule has 1 aliphatic rings. The molecule has 0 unspecified atom stereocenters. The monoisotopic (exact) mass is 400 g/mol. The molecule has 7 heteroatoms. The van der Waals surface area contributed by atoms with Gasteiger partial charge in [-0.3, -0.25) is 9.59 Å². The second-order valence-corrected chi connectivity index (χ2v) is 7.85. The Morgan fingerprint density at radius 3 is 2.61 bits per heavy atom. The third kappa shape index (κ3) is 5.42. The van der Waals surface area contributed by atoms with Gasteiger partial charge in [-0.1, -0.05) is 31.4 Å². The first-order chi connectivity index (χ1) is 13.5. The Balaban J connectivity index is 1.56. The average molecular weight is 401 g/mol. The summed E-state index contributed by atoms with van der Waals surface area (Å²) >= 11 is 1.34. The number of ether oxygens (including phenoxy) is 1. The van der Waals surface area contributed by atoms with Crippen molar-refractivity contribution in [3.8, 4) is 0 Å². The number of hydrogen-bond donors (Lipinski definition) is 2. The summed E-state index contributed by atoms with van der Waals surface area (Å²) in [7, 11) is 0. The van der Waals surface area contributed by atoms with Crippen LogP contribution in [0.5, 0.6) is 0 Å². The van der Waals surface area contributed by atoms with E-state index in [1.165, 1.54) is 17.8 Å². The van der Waals surface area contributed by atoms with Gasteiger partial charge in [0, 0.05) is 11.7 Å². The maximum absolute atomic E-state index is 12.4. The highest BCUT2D eigenvalue weighted by molar-refractivity contribution is 7.12. The highest BCUT2D eigenvalue weighted by Crippen LogP contribution is 2.18. The predicted molar refractivity (Wildman–Crippen MR) is 109 cm³/mol. The smallest absolute Gasteiger partial charge is 0.338 e. The third-order valence-electron chi connectivity index (χ3n) is 4.71. The topological polar surface area (TPSA) is 84.5 Å². The number of nitrogens with one attached hydrogen (secondary N) is 2. The van der Waals surface area contributed by atoms with Crippen LogP contribution in [0.15, 0.2) is 41.8 Å². The van der Waals surface area contributed by atoms with Crippen molar-refractivity contribution >= 4 is 34.8 Å². The van der Waals surface area contributed by atoms with Crippen LogP contribution in [-0.4, -0.2) is 29.9 Å². The van der Waals surface area contributed by atoms with Crippen molar-refractivity contribution in [3.05, 3.63) is 52.2 Å². The van der Waals surface area contributed by atoms with Crippen molar-refractivity contribution in [2.75, 3.05) is 5.32 Å². The van der Waals surface area contributed by atoms with Gasteiger partial charge in [0.05, 0.1) is 10.4 Å². The Hall–Kier alpha value is -2.67. The van der Waals surface area contributed by atoms with E-state index in [1.807, 2.05) is 5.38 Å². The van der Waals surface area contributed by atoms with Gasteiger partial charge in [0.1, 0.15) is 0 Å². The maximum Gasteiger partial charge on any atom is 0.338 e. The Morgan fingerprint density at radius 1 is 1.11 bits per heavy atom. The van der Waals surface area contributed by atoms with Crippen LogP contribution in [0, 0.1) is 0 Å². The van der Waals surface area contributed by atoms with Gasteiger partial charge in [-0.05, 0) is 49.4 Å². The Morgan fingerprint density at radius 2 is 1.89 bits per heavy atom. The van der Waals surface area contributed by atoms with E-state index in [9.17, 15) is 14.4 Å². The number of thiophene rings is 1. The molecule has 2 N–H and O–H groups in total. The van der Waals surface area contributed by atoms with Crippen LogP contribution in [0.1, 0.15) is 59.1 Å². The summed E-state index contributed by atoms with van der Waals surface area (Å²) in [6.45, 7) is 1.57. The first kappa shape index (κ1) is 20.1. The number of esters is 1. The van der Waals surface area contributed by atoms with E-state index < -0.39 is 12.1 Å². The van der Waals surface area contributed by atoms with Crippen molar-refractivity contribution in [3.63, 3.8) is 0 Å². The second kappa shape index (κ2) is 9.50. The fourth-order valence-electron chi connectivity index (χ4n) is 3.17. The van der Waals surface area contributed by atoms with E-state index in [0.717, 1.165) is 25.7 Å². The van der Waals surface area contributed by atoms with Crippen molar-refractivity contribution in [2.45, 2.75) is 51.2 Å². The number of amides is 2. The molecule has 1 aromatic heterocycles. The lowest BCUT2D eigenvalue weighted by atomic mass is 9.95. The Kier molecular flexibility index (Phi) is 6.81. The number of rotatable bonds is 6. The molecule has 1 saturated carbocycles. The van der Waals surface area contributed by atoms with Crippen LogP contribution in [0.2, 0.25) is 0 Å². The van der Waals surface area contributed by atoms with Gasteiger partial charge in [-0.15, -0.1) is 11.3 Å². The van der Waals surface area contributed by atoms with Gasteiger partial charge in [-0.2, -0.15) is 0 Å². The summed E-state index contributed by atoms with van der Waals surface area (Å²) in [5, 5.41) is 7.53. The van der Waals surface area contributed by atoms with E-state index >= 15 is 0 Å². The zero-order valence-corrected chi connectivity index (χ0v) is 16.6. The minimum Gasteiger partial charge on any atom is -0.449 e. The normalized spacial score (nSPS) is 15.5. The second-order valence-electron chi connectivity index (χ2n) is 6.90. The molecule has 6 nitrogen and oxygen atoms in total. The van der Waals surface area contributed by atoms with Crippen LogP contribution in [-0.2, 0) is 9.53 Å². The summed E-state index contributed by atoms with van der Waals surface area (Å²) in [6, 6.07) is 10.2. The molecular weight excluding hydrogens is 376 g/mol. The molecule has 1 aromatic carbocycles. The molecule has 3 rings (SSSR count). The summed E-state index contributed by atoms with van der Waals surface area (Å²) in [5.74, 6) is -1.11. The first-order valence-electron chi connectivity index (χ1n) is 9.49. The van der Waals surface area contributed by atoms with Crippen molar-refractivity contribution in [2.24, 2.45) is 0 Å². The highest BCUT2D eigenvalue weighted by Gasteiger charge is 2.23. The zero-order chi connectivity index (χ0) is 19.9. The highest BCUT2D eigenvalue weighted by atomic mass is 32.1. The summed E-state index contributed by atoms with van der Waals surface area (Å²) in [4.78, 5) is 37.4. The standard InChI is InChI=1S/C21H24N2O4S/c1-14(19(24)22-16-8-3-2-4-9-16)27-21(26)15-7-5-10-17(13-15)23-20(25)18-11-6-12-28-18/h5-7,10-14,16H,2-4,8-9H2,1H3,(H,22,24)(H,23,25)/t14-/m1/s1. The number of carbonyl (C=O) groups is 3. The number of carbonyl (C=O) groups excluding carboxylic acids is 3. The van der Waals surface area contributed by atoms with Crippen LogP contribution in [0.25, 0.3) is 0 Å². The minimum atomic E-state index is -0.876. The first-order valence-corrected chi connectivity index (χ1v) is 10.4. The van der Waals surface area contributed by atoms with Gasteiger partial charge in [-0.25, -0.2) is 4.79 Å². The number of anilines is 1. The van der Waals surface area contributed by atoms with E-state index in [2.05, 4.69) is 10.6 Å². The molecular formula is C21H24N2O4S.